The van der Waals surface area contributed by atoms with Crippen LogP contribution in [0, 0.1) is 6.92 Å². The van der Waals surface area contributed by atoms with Crippen LogP contribution in [0.4, 0.5) is 5.69 Å². The van der Waals surface area contributed by atoms with Crippen molar-refractivity contribution in [3.63, 3.8) is 0 Å². The van der Waals surface area contributed by atoms with Gasteiger partial charge in [0.15, 0.2) is 0 Å². The fourth-order valence-corrected chi connectivity index (χ4v) is 3.98. The largest absolute Gasteiger partial charge is 0.507 e. The number of aryl methyl sites for hydroxylation is 1. The highest BCUT2D eigenvalue weighted by Crippen LogP contribution is 2.43. The second kappa shape index (κ2) is 8.67. The first-order valence-electron chi connectivity index (χ1n) is 10.2. The highest BCUT2D eigenvalue weighted by Gasteiger charge is 2.48. The molecule has 2 heterocycles. The van der Waals surface area contributed by atoms with Crippen LogP contribution in [0.15, 0.2) is 75.1 Å². The third-order valence-electron chi connectivity index (χ3n) is 5.06. The number of aliphatic hydroxyl groups excluding tert-OH is 1. The fourth-order valence-electron chi connectivity index (χ4n) is 3.71. The zero-order valence-corrected chi connectivity index (χ0v) is 19.4. The van der Waals surface area contributed by atoms with Crippen LogP contribution >= 0.6 is 15.9 Å². The fraction of sp³-hybridized carbons (Fsp3) is 0.200. The summed E-state index contributed by atoms with van der Waals surface area (Å²) in [6.45, 7) is 5.58. The van der Waals surface area contributed by atoms with Crippen LogP contribution in [0.3, 0.4) is 0 Å². The molecule has 4 rings (SSSR count). The lowest BCUT2D eigenvalue weighted by Gasteiger charge is -2.23. The second-order valence-corrected chi connectivity index (χ2v) is 8.70. The number of hydrogen-bond acceptors (Lipinski definition) is 5. The number of hydrogen-bond donors (Lipinski definition) is 1. The Kier molecular flexibility index (Phi) is 5.93. The Hall–Kier alpha value is -3.32. The van der Waals surface area contributed by atoms with E-state index in [1.807, 2.05) is 13.8 Å². The smallest absolute Gasteiger partial charge is 0.300 e. The molecule has 1 amide bonds. The van der Waals surface area contributed by atoms with Crippen LogP contribution in [0.5, 0.6) is 5.75 Å². The van der Waals surface area contributed by atoms with E-state index in [9.17, 15) is 14.7 Å². The average Bonchev–Trinajstić information content (AvgIpc) is 3.29. The van der Waals surface area contributed by atoms with Gasteiger partial charge in [-0.05, 0) is 69.3 Å². The highest BCUT2D eigenvalue weighted by atomic mass is 79.9. The maximum atomic E-state index is 13.1. The van der Waals surface area contributed by atoms with Crippen LogP contribution in [0.1, 0.15) is 37.0 Å². The minimum absolute atomic E-state index is 0.0334. The topological polar surface area (TPSA) is 80.0 Å². The molecule has 1 N–H and O–H groups in total. The quantitative estimate of drug-likeness (QED) is 0.276. The highest BCUT2D eigenvalue weighted by molar-refractivity contribution is 9.10. The average molecular weight is 496 g/mol. The third kappa shape index (κ3) is 4.08. The van der Waals surface area contributed by atoms with Crippen molar-refractivity contribution in [2.75, 3.05) is 4.90 Å². The molecule has 1 aromatic heterocycles. The number of halogens is 1. The molecule has 1 fully saturated rings. The molecule has 0 aliphatic carbocycles. The molecule has 2 aromatic carbocycles. The summed E-state index contributed by atoms with van der Waals surface area (Å²) in [5.74, 6) is -0.218. The number of rotatable bonds is 5. The molecule has 3 aromatic rings. The molecule has 1 saturated heterocycles. The van der Waals surface area contributed by atoms with Crippen LogP contribution in [-0.4, -0.2) is 22.9 Å². The number of amides is 1. The molecular formula is C25H22BrNO5. The van der Waals surface area contributed by atoms with Gasteiger partial charge < -0.3 is 14.3 Å². The summed E-state index contributed by atoms with van der Waals surface area (Å²) in [6.07, 6.45) is -0.0542. The van der Waals surface area contributed by atoms with Gasteiger partial charge in [0.25, 0.3) is 11.7 Å². The van der Waals surface area contributed by atoms with Crippen molar-refractivity contribution in [2.45, 2.75) is 32.9 Å². The molecule has 1 atom stereocenters. The maximum absolute atomic E-state index is 13.1. The Balaban J connectivity index is 1.88. The van der Waals surface area contributed by atoms with E-state index in [1.165, 1.54) is 4.90 Å². The summed E-state index contributed by atoms with van der Waals surface area (Å²) in [6, 6.07) is 16.4. The van der Waals surface area contributed by atoms with Crippen molar-refractivity contribution in [1.82, 2.24) is 0 Å². The summed E-state index contributed by atoms with van der Waals surface area (Å²) in [5.41, 5.74) is 0.865. The molecule has 6 nitrogen and oxygen atoms in total. The molecule has 0 bridgehead atoms. The lowest BCUT2D eigenvalue weighted by Crippen LogP contribution is -2.29. The Morgan fingerprint density at radius 3 is 2.44 bits per heavy atom. The summed E-state index contributed by atoms with van der Waals surface area (Å²) in [4.78, 5) is 27.6. The number of furan rings is 1. The van der Waals surface area contributed by atoms with E-state index >= 15 is 0 Å². The van der Waals surface area contributed by atoms with Gasteiger partial charge in [-0.15, -0.1) is 0 Å². The lowest BCUT2D eigenvalue weighted by atomic mass is 9.99. The van der Waals surface area contributed by atoms with Gasteiger partial charge in [0, 0.05) is 15.7 Å². The summed E-state index contributed by atoms with van der Waals surface area (Å²) >= 11 is 3.38. The Bertz CT molecular complexity index is 1210. The van der Waals surface area contributed by atoms with E-state index in [1.54, 1.807) is 67.6 Å². The standard InChI is InChI=1S/C25H22BrNO5/c1-14(2)31-19-6-4-5-16(13-19)23(28)21-22(20-12-7-15(3)32-20)27(25(30)24(21)29)18-10-8-17(26)9-11-18/h4-14,22,28H,1-3H3/b23-21-. The number of benzene rings is 2. The minimum atomic E-state index is -0.903. The molecule has 7 heteroatoms. The van der Waals surface area contributed by atoms with Gasteiger partial charge in [-0.2, -0.15) is 0 Å². The number of carbonyl (C=O) groups is 2. The van der Waals surface area contributed by atoms with Crippen molar-refractivity contribution in [3.05, 3.63) is 87.8 Å². The van der Waals surface area contributed by atoms with Crippen LogP contribution < -0.4 is 9.64 Å². The van der Waals surface area contributed by atoms with E-state index in [4.69, 9.17) is 9.15 Å². The second-order valence-electron chi connectivity index (χ2n) is 7.79. The molecule has 1 aliphatic heterocycles. The van der Waals surface area contributed by atoms with Gasteiger partial charge in [0.05, 0.1) is 11.7 Å². The number of Topliss-reactive ketones (excluding diaryl/α,β-unsaturated/α-hetero) is 1. The number of carbonyl (C=O) groups excluding carboxylic acids is 2. The molecule has 1 aliphatic rings. The van der Waals surface area contributed by atoms with Crippen molar-refractivity contribution < 1.29 is 23.8 Å². The van der Waals surface area contributed by atoms with E-state index < -0.39 is 17.7 Å². The zero-order valence-electron chi connectivity index (χ0n) is 17.8. The Morgan fingerprint density at radius 1 is 1.09 bits per heavy atom. The normalized spacial score (nSPS) is 17.9. The van der Waals surface area contributed by atoms with Crippen LogP contribution in [0.2, 0.25) is 0 Å². The predicted octanol–water partition coefficient (Wildman–Crippen LogP) is 5.76. The molecule has 0 radical (unpaired) electrons. The van der Waals surface area contributed by atoms with Crippen molar-refractivity contribution in [1.29, 1.82) is 0 Å². The van der Waals surface area contributed by atoms with E-state index in [2.05, 4.69) is 15.9 Å². The van der Waals surface area contributed by atoms with Crippen molar-refractivity contribution in [2.24, 2.45) is 0 Å². The summed E-state index contributed by atoms with van der Waals surface area (Å²) in [5, 5.41) is 11.2. The predicted molar refractivity (Wildman–Crippen MR) is 125 cm³/mol. The van der Waals surface area contributed by atoms with Crippen LogP contribution in [0.25, 0.3) is 5.76 Å². The molecular weight excluding hydrogens is 474 g/mol. The van der Waals surface area contributed by atoms with Crippen molar-refractivity contribution in [3.8, 4) is 5.75 Å². The van der Waals surface area contributed by atoms with Gasteiger partial charge in [-0.1, -0.05) is 28.1 Å². The molecule has 164 valence electrons. The molecule has 32 heavy (non-hydrogen) atoms. The number of nitrogens with zero attached hydrogens (tertiary/aromatic N) is 1. The lowest BCUT2D eigenvalue weighted by molar-refractivity contribution is -0.132. The van der Waals surface area contributed by atoms with E-state index in [0.29, 0.717) is 28.5 Å². The van der Waals surface area contributed by atoms with E-state index in [0.717, 1.165) is 4.47 Å². The summed E-state index contributed by atoms with van der Waals surface area (Å²) < 4.78 is 12.4. The third-order valence-corrected chi connectivity index (χ3v) is 5.59. The molecule has 0 spiro atoms. The van der Waals surface area contributed by atoms with Gasteiger partial charge in [-0.3, -0.25) is 14.5 Å². The number of aliphatic hydroxyl groups is 1. The monoisotopic (exact) mass is 495 g/mol. The first kappa shape index (κ1) is 21.9. The van der Waals surface area contributed by atoms with Crippen molar-refractivity contribution >= 4 is 39.1 Å². The SMILES string of the molecule is Cc1ccc(C2/C(=C(/O)c3cccc(OC(C)C)c3)C(=O)C(=O)N2c2ccc(Br)cc2)o1. The van der Waals surface area contributed by atoms with Gasteiger partial charge >= 0.3 is 0 Å². The minimum Gasteiger partial charge on any atom is -0.507 e. The van der Waals surface area contributed by atoms with Crippen LogP contribution in [-0.2, 0) is 9.59 Å². The van der Waals surface area contributed by atoms with Gasteiger partial charge in [0.2, 0.25) is 0 Å². The van der Waals surface area contributed by atoms with Gasteiger partial charge in [0.1, 0.15) is 29.1 Å². The van der Waals surface area contributed by atoms with E-state index in [-0.39, 0.29) is 17.4 Å². The first-order valence-corrected chi connectivity index (χ1v) is 11.0. The molecule has 1 unspecified atom stereocenters. The molecule has 0 saturated carbocycles. The van der Waals surface area contributed by atoms with Gasteiger partial charge in [-0.25, -0.2) is 0 Å². The number of anilines is 1. The first-order chi connectivity index (χ1) is 15.3. The number of ether oxygens (including phenoxy) is 1. The number of ketones is 1. The Morgan fingerprint density at radius 2 is 1.81 bits per heavy atom. The zero-order chi connectivity index (χ0) is 23.0. The maximum Gasteiger partial charge on any atom is 0.300 e. The summed E-state index contributed by atoms with van der Waals surface area (Å²) in [7, 11) is 0. The Labute approximate surface area is 194 Å².